The van der Waals surface area contributed by atoms with Gasteiger partial charge in [-0.2, -0.15) is 50.5 Å². The zero-order valence-electron chi connectivity index (χ0n) is 26.4. The molecule has 18 nitrogen and oxygen atoms in total. The second kappa shape index (κ2) is 20.0. The number of benzene rings is 6. The predicted molar refractivity (Wildman–Crippen MR) is 212 cm³/mol. The molecular weight excluding hydrogens is 910 g/mol. The van der Waals surface area contributed by atoms with E-state index >= 15 is 0 Å². The summed E-state index contributed by atoms with van der Waals surface area (Å²) in [6, 6.07) is 22.6. The van der Waals surface area contributed by atoms with Gasteiger partial charge in [0, 0.05) is 32.3 Å². The van der Waals surface area contributed by atoms with Gasteiger partial charge in [0.25, 0.3) is 60.7 Å². The molecule has 0 saturated carbocycles. The first-order chi connectivity index (χ1) is 24.6. The third-order valence-corrected chi connectivity index (χ3v) is 12.7. The van der Waals surface area contributed by atoms with Gasteiger partial charge in [0.1, 0.15) is 29.4 Å². The van der Waals surface area contributed by atoms with Crippen LogP contribution in [-0.2, 0) is 60.7 Å². The van der Waals surface area contributed by atoms with E-state index in [0.717, 1.165) is 36.4 Å². The van der Waals surface area contributed by atoms with E-state index in [9.17, 15) is 50.5 Å². The second-order valence-corrected chi connectivity index (χ2v) is 19.0. The number of hydrogen-bond donors (Lipinski definition) is 6. The van der Waals surface area contributed by atoms with Crippen LogP contribution < -0.4 is 0 Å². The van der Waals surface area contributed by atoms with Crippen molar-refractivity contribution in [1.29, 1.82) is 0 Å². The average molecular weight is 937 g/mol. The first kappa shape index (κ1) is 53.6. The second-order valence-electron chi connectivity index (χ2n) is 10.7. The molecule has 0 saturated heterocycles. The average Bonchev–Trinajstić information content (AvgIpc) is 3.04. The fourth-order valence-corrected chi connectivity index (χ4v) is 9.26. The number of rotatable bonds is 6. The molecule has 0 spiro atoms. The zero-order chi connectivity index (χ0) is 40.7. The molecule has 294 valence electrons. The third-order valence-electron chi connectivity index (χ3n) is 7.20. The molecular formula is C30H27Na3O18S6. The van der Waals surface area contributed by atoms with Crippen LogP contribution in [0.15, 0.2) is 139 Å². The van der Waals surface area contributed by atoms with E-state index in [1.165, 1.54) is 72.8 Å². The van der Waals surface area contributed by atoms with Crippen molar-refractivity contribution < 1.29 is 77.8 Å². The normalized spacial score (nSPS) is 12.1. The van der Waals surface area contributed by atoms with Gasteiger partial charge in [0.05, 0.1) is 0 Å². The Hall–Kier alpha value is -1.44. The third kappa shape index (κ3) is 13.3. The Kier molecular flexibility index (Phi) is 18.8. The van der Waals surface area contributed by atoms with E-state index in [4.69, 9.17) is 27.3 Å². The Labute approximate surface area is 393 Å². The molecule has 0 aliphatic heterocycles. The van der Waals surface area contributed by atoms with Gasteiger partial charge in [-0.1, -0.05) is 72.8 Å². The van der Waals surface area contributed by atoms with E-state index in [0.29, 0.717) is 0 Å². The van der Waals surface area contributed by atoms with Crippen molar-refractivity contribution in [1.82, 2.24) is 0 Å². The summed E-state index contributed by atoms with van der Waals surface area (Å²) in [5.41, 5.74) is 0. The van der Waals surface area contributed by atoms with Gasteiger partial charge in [0.15, 0.2) is 0 Å². The van der Waals surface area contributed by atoms with Crippen molar-refractivity contribution >= 4 is 182 Å². The Morgan fingerprint density at radius 1 is 0.228 bits per heavy atom. The van der Waals surface area contributed by atoms with Crippen LogP contribution in [0.5, 0.6) is 0 Å². The van der Waals surface area contributed by atoms with Crippen LogP contribution in [0.1, 0.15) is 0 Å². The Morgan fingerprint density at radius 3 is 0.421 bits per heavy atom. The zero-order valence-corrected chi connectivity index (χ0v) is 31.3. The minimum absolute atomic E-state index is 0. The van der Waals surface area contributed by atoms with E-state index < -0.39 is 90.1 Å². The van der Waals surface area contributed by atoms with Gasteiger partial charge in [0.2, 0.25) is 0 Å². The molecule has 6 aromatic rings. The van der Waals surface area contributed by atoms with Crippen LogP contribution in [-0.4, -0.2) is 166 Å². The van der Waals surface area contributed by atoms with Crippen LogP contribution in [0.2, 0.25) is 0 Å². The summed E-state index contributed by atoms with van der Waals surface area (Å²) in [5.74, 6) is 0. The Morgan fingerprint density at radius 2 is 0.333 bits per heavy atom. The summed E-state index contributed by atoms with van der Waals surface area (Å²) in [6.07, 6.45) is 0. The molecule has 6 N–H and O–H groups in total. The van der Waals surface area contributed by atoms with E-state index in [1.807, 2.05) is 0 Å². The molecule has 6 aromatic carbocycles. The van der Waals surface area contributed by atoms with Crippen molar-refractivity contribution in [2.75, 3.05) is 0 Å². The van der Waals surface area contributed by atoms with Crippen molar-refractivity contribution in [3.63, 3.8) is 0 Å². The van der Waals surface area contributed by atoms with Gasteiger partial charge in [-0.25, -0.2) is 0 Å². The molecule has 57 heavy (non-hydrogen) atoms. The van der Waals surface area contributed by atoms with E-state index in [2.05, 4.69) is 0 Å². The maximum atomic E-state index is 11.2. The van der Waals surface area contributed by atoms with Crippen LogP contribution in [0.25, 0.3) is 32.3 Å². The fourth-order valence-electron chi connectivity index (χ4n) is 5.08. The summed E-state index contributed by atoms with van der Waals surface area (Å²) in [6.45, 7) is 0. The Balaban J connectivity index is 0.000000417. The van der Waals surface area contributed by atoms with Gasteiger partial charge in [-0.3, -0.25) is 27.3 Å². The van der Waals surface area contributed by atoms with Crippen LogP contribution in [0, 0.1) is 0 Å². The maximum absolute atomic E-state index is 11.2. The summed E-state index contributed by atoms with van der Waals surface area (Å²) in [5, 5.41) is 0.140. The summed E-state index contributed by atoms with van der Waals surface area (Å²) < 4.78 is 188. The molecule has 0 atom stereocenters. The number of fused-ring (bicyclic) bond motifs is 3. The quantitative estimate of drug-likeness (QED) is 0.103. The van der Waals surface area contributed by atoms with Crippen molar-refractivity contribution in [2.45, 2.75) is 29.4 Å². The molecule has 0 heterocycles. The topological polar surface area (TPSA) is 326 Å². The van der Waals surface area contributed by atoms with E-state index in [1.54, 1.807) is 0 Å². The summed E-state index contributed by atoms with van der Waals surface area (Å²) in [4.78, 5) is -2.47. The van der Waals surface area contributed by atoms with Crippen molar-refractivity contribution in [2.24, 2.45) is 0 Å². The molecule has 0 radical (unpaired) electrons. The molecule has 6 rings (SSSR count). The molecule has 0 aromatic heterocycles. The van der Waals surface area contributed by atoms with E-state index in [-0.39, 0.29) is 121 Å². The number of hydrogen-bond acceptors (Lipinski definition) is 12. The van der Waals surface area contributed by atoms with Crippen LogP contribution in [0.3, 0.4) is 0 Å². The van der Waals surface area contributed by atoms with Crippen molar-refractivity contribution in [3.05, 3.63) is 109 Å². The summed E-state index contributed by atoms with van der Waals surface area (Å²) >= 11 is 0. The first-order valence-corrected chi connectivity index (χ1v) is 22.7. The minimum atomic E-state index is -4.47. The summed E-state index contributed by atoms with van der Waals surface area (Å²) in [7, 11) is -26.8. The van der Waals surface area contributed by atoms with Gasteiger partial charge >= 0.3 is 88.7 Å². The van der Waals surface area contributed by atoms with Gasteiger partial charge < -0.3 is 0 Å². The molecule has 0 aliphatic carbocycles. The predicted octanol–water partition coefficient (Wildman–Crippen LogP) is 2.05. The fraction of sp³-hybridized carbons (Fsp3) is 0. The van der Waals surface area contributed by atoms with Gasteiger partial charge in [-0.05, 0) is 36.4 Å². The Bertz CT molecular complexity index is 2610. The van der Waals surface area contributed by atoms with Crippen LogP contribution >= 0.6 is 0 Å². The SMILES string of the molecule is O=S(=O)(O)c1ccc(S(=O)(=O)O)c2ccccc12.O=S(=O)(O)c1ccc(S(=O)(=O)O)c2ccccc12.O=S(=O)(O)c1ccc(S(=O)(=O)O)c2ccccc12.[NaH].[NaH].[NaH]. The monoisotopic (exact) mass is 936 g/mol. The van der Waals surface area contributed by atoms with Gasteiger partial charge in [-0.15, -0.1) is 0 Å². The molecule has 0 aliphatic rings. The molecule has 27 heteroatoms. The molecule has 0 fully saturated rings. The van der Waals surface area contributed by atoms with Crippen LogP contribution in [0.4, 0.5) is 0 Å². The molecule has 0 unspecified atom stereocenters. The molecule has 0 amide bonds. The van der Waals surface area contributed by atoms with Crippen molar-refractivity contribution in [3.8, 4) is 0 Å². The standard InChI is InChI=1S/3C10H8O6S2.3Na.3H/c3*11-17(12,13)9-5-6-10(18(14,15)16)8-4-2-1-3-7(8)9;;;;;;/h3*1-6H,(H,11,12,13)(H,14,15,16);;;;;;. The molecule has 0 bridgehead atoms. The first-order valence-electron chi connectivity index (χ1n) is 14.0.